The zero-order chi connectivity index (χ0) is 12.4. The van der Waals surface area contributed by atoms with Crippen LogP contribution in [-0.2, 0) is 10.0 Å². The van der Waals surface area contributed by atoms with Gasteiger partial charge in [0.2, 0.25) is 10.0 Å². The van der Waals surface area contributed by atoms with Crippen LogP contribution in [-0.4, -0.2) is 20.7 Å². The van der Waals surface area contributed by atoms with Crippen LogP contribution >= 0.6 is 0 Å². The van der Waals surface area contributed by atoms with E-state index in [-0.39, 0.29) is 11.2 Å². The van der Waals surface area contributed by atoms with Crippen molar-refractivity contribution in [3.8, 4) is 6.07 Å². The summed E-state index contributed by atoms with van der Waals surface area (Å²) in [6.45, 7) is 5.88. The summed E-state index contributed by atoms with van der Waals surface area (Å²) >= 11 is 0. The Morgan fingerprint density at radius 1 is 1.44 bits per heavy atom. The molecule has 0 aromatic rings. The second-order valence-electron chi connectivity index (χ2n) is 5.43. The Labute approximate surface area is 98.1 Å². The van der Waals surface area contributed by atoms with Gasteiger partial charge < -0.3 is 0 Å². The van der Waals surface area contributed by atoms with E-state index in [1.807, 2.05) is 6.07 Å². The van der Waals surface area contributed by atoms with E-state index in [4.69, 9.17) is 5.26 Å². The van der Waals surface area contributed by atoms with E-state index >= 15 is 0 Å². The monoisotopic (exact) mass is 244 g/mol. The van der Waals surface area contributed by atoms with Gasteiger partial charge in [-0.05, 0) is 38.5 Å². The van der Waals surface area contributed by atoms with E-state index in [1.54, 1.807) is 13.8 Å². The molecule has 16 heavy (non-hydrogen) atoms. The largest absolute Gasteiger partial charge is 0.215 e. The number of nitriles is 1. The molecule has 0 spiro atoms. The first-order valence-electron chi connectivity index (χ1n) is 5.63. The number of hydrogen-bond donors (Lipinski definition) is 1. The minimum Gasteiger partial charge on any atom is -0.215 e. The molecule has 0 heterocycles. The molecule has 92 valence electrons. The molecule has 4 nitrogen and oxygen atoms in total. The fourth-order valence-electron chi connectivity index (χ4n) is 1.65. The lowest BCUT2D eigenvalue weighted by Crippen LogP contribution is -2.36. The molecular formula is C11H20N2O2S. The lowest BCUT2D eigenvalue weighted by atomic mass is 10.00. The standard InChI is InChI=1S/C11H20N2O2S/c1-4-11(5-6-11)8-13-16(14,15)9-10(2,3)7-12/h13H,4-6,8-9H2,1-3H3. The van der Waals surface area contributed by atoms with E-state index in [0.717, 1.165) is 19.3 Å². The molecule has 0 atom stereocenters. The third-order valence-corrected chi connectivity index (χ3v) is 4.91. The Morgan fingerprint density at radius 2 is 2.00 bits per heavy atom. The van der Waals surface area contributed by atoms with Crippen LogP contribution in [0.2, 0.25) is 0 Å². The van der Waals surface area contributed by atoms with Gasteiger partial charge >= 0.3 is 0 Å². The summed E-state index contributed by atoms with van der Waals surface area (Å²) in [7, 11) is -3.33. The lowest BCUT2D eigenvalue weighted by molar-refractivity contribution is 0.468. The fraction of sp³-hybridized carbons (Fsp3) is 0.909. The van der Waals surface area contributed by atoms with Gasteiger partial charge in [0.05, 0.1) is 17.2 Å². The first kappa shape index (κ1) is 13.5. The molecule has 1 aliphatic rings. The Hall–Kier alpha value is -0.600. The zero-order valence-corrected chi connectivity index (χ0v) is 11.0. The summed E-state index contributed by atoms with van der Waals surface area (Å²) in [6.07, 6.45) is 3.22. The van der Waals surface area contributed by atoms with Gasteiger partial charge in [0.1, 0.15) is 0 Å². The Morgan fingerprint density at radius 3 is 2.38 bits per heavy atom. The normalized spacial score (nSPS) is 19.1. The molecule has 0 aromatic carbocycles. The SMILES string of the molecule is CCC1(CNS(=O)(=O)CC(C)(C)C#N)CC1. The predicted molar refractivity (Wildman–Crippen MR) is 63.1 cm³/mol. The number of nitrogens with one attached hydrogen (secondary N) is 1. The molecule has 1 fully saturated rings. The van der Waals surface area contributed by atoms with Crippen LogP contribution in [0.25, 0.3) is 0 Å². The average Bonchev–Trinajstić information content (AvgIpc) is 2.94. The summed E-state index contributed by atoms with van der Waals surface area (Å²) in [5, 5.41) is 8.80. The van der Waals surface area contributed by atoms with Gasteiger partial charge in [-0.3, -0.25) is 0 Å². The predicted octanol–water partition coefficient (Wildman–Crippen LogP) is 1.65. The Balaban J connectivity index is 2.51. The average molecular weight is 244 g/mol. The van der Waals surface area contributed by atoms with Crippen molar-refractivity contribution in [1.82, 2.24) is 4.72 Å². The summed E-state index contributed by atoms with van der Waals surface area (Å²) in [4.78, 5) is 0. The molecule has 1 aliphatic carbocycles. The van der Waals surface area contributed by atoms with Gasteiger partial charge in [0, 0.05) is 6.54 Å². The summed E-state index contributed by atoms with van der Waals surface area (Å²) in [5.74, 6) is -0.129. The fourth-order valence-corrected chi connectivity index (χ4v) is 3.30. The summed E-state index contributed by atoms with van der Waals surface area (Å²) in [6, 6.07) is 2.01. The van der Waals surface area contributed by atoms with Crippen molar-refractivity contribution in [2.24, 2.45) is 10.8 Å². The maximum absolute atomic E-state index is 11.7. The molecule has 0 aromatic heterocycles. The van der Waals surface area contributed by atoms with Crippen LogP contribution in [0.4, 0.5) is 0 Å². The van der Waals surface area contributed by atoms with Gasteiger partial charge in [-0.25, -0.2) is 13.1 Å². The first-order valence-corrected chi connectivity index (χ1v) is 7.28. The molecule has 1 saturated carbocycles. The van der Waals surface area contributed by atoms with Gasteiger partial charge in [-0.2, -0.15) is 5.26 Å². The smallest absolute Gasteiger partial charge is 0.213 e. The summed E-state index contributed by atoms with van der Waals surface area (Å²) in [5.41, 5.74) is -0.626. The number of nitrogens with zero attached hydrogens (tertiary/aromatic N) is 1. The van der Waals surface area contributed by atoms with E-state index in [9.17, 15) is 8.42 Å². The van der Waals surface area contributed by atoms with Crippen LogP contribution in [0.15, 0.2) is 0 Å². The molecule has 0 saturated heterocycles. The van der Waals surface area contributed by atoms with E-state index in [0.29, 0.717) is 6.54 Å². The van der Waals surface area contributed by atoms with Gasteiger partial charge in [0.25, 0.3) is 0 Å². The molecule has 0 bridgehead atoms. The molecule has 1 rings (SSSR count). The number of hydrogen-bond acceptors (Lipinski definition) is 3. The van der Waals surface area contributed by atoms with Crippen molar-refractivity contribution in [1.29, 1.82) is 5.26 Å². The highest BCUT2D eigenvalue weighted by Crippen LogP contribution is 2.47. The maximum Gasteiger partial charge on any atom is 0.213 e. The minimum absolute atomic E-state index is 0.129. The maximum atomic E-state index is 11.7. The van der Waals surface area contributed by atoms with Gasteiger partial charge in [-0.15, -0.1) is 0 Å². The molecule has 0 radical (unpaired) electrons. The molecule has 0 unspecified atom stereocenters. The van der Waals surface area contributed by atoms with Crippen molar-refractivity contribution >= 4 is 10.0 Å². The number of sulfonamides is 1. The van der Waals surface area contributed by atoms with Gasteiger partial charge in [-0.1, -0.05) is 6.92 Å². The van der Waals surface area contributed by atoms with E-state index < -0.39 is 15.4 Å². The number of rotatable bonds is 6. The third-order valence-electron chi connectivity index (χ3n) is 3.23. The topological polar surface area (TPSA) is 70.0 Å². The lowest BCUT2D eigenvalue weighted by Gasteiger charge is -2.18. The van der Waals surface area contributed by atoms with Gasteiger partial charge in [0.15, 0.2) is 0 Å². The molecule has 1 N–H and O–H groups in total. The highest BCUT2D eigenvalue weighted by atomic mass is 32.2. The van der Waals surface area contributed by atoms with Crippen molar-refractivity contribution in [2.45, 2.75) is 40.0 Å². The van der Waals surface area contributed by atoms with Crippen molar-refractivity contribution in [3.63, 3.8) is 0 Å². The molecule has 0 aliphatic heterocycles. The quantitative estimate of drug-likeness (QED) is 0.772. The highest BCUT2D eigenvalue weighted by molar-refractivity contribution is 7.89. The minimum atomic E-state index is -3.33. The zero-order valence-electron chi connectivity index (χ0n) is 10.2. The van der Waals surface area contributed by atoms with Crippen LogP contribution < -0.4 is 4.72 Å². The third kappa shape index (κ3) is 3.76. The Bertz CT molecular complexity index is 389. The van der Waals surface area contributed by atoms with E-state index in [2.05, 4.69) is 11.6 Å². The molecule has 5 heteroatoms. The van der Waals surface area contributed by atoms with E-state index in [1.165, 1.54) is 0 Å². The second kappa shape index (κ2) is 4.34. The van der Waals surface area contributed by atoms with Crippen LogP contribution in [0.3, 0.4) is 0 Å². The first-order chi connectivity index (χ1) is 7.24. The molecule has 0 amide bonds. The molecular weight excluding hydrogens is 224 g/mol. The van der Waals surface area contributed by atoms with Crippen molar-refractivity contribution < 1.29 is 8.42 Å². The van der Waals surface area contributed by atoms with Crippen molar-refractivity contribution in [2.75, 3.05) is 12.3 Å². The van der Waals surface area contributed by atoms with Crippen LogP contribution in [0.5, 0.6) is 0 Å². The second-order valence-corrected chi connectivity index (χ2v) is 7.24. The summed E-state index contributed by atoms with van der Waals surface area (Å²) < 4.78 is 26.1. The Kier molecular flexibility index (Phi) is 3.65. The highest BCUT2D eigenvalue weighted by Gasteiger charge is 2.41. The van der Waals surface area contributed by atoms with Crippen molar-refractivity contribution in [3.05, 3.63) is 0 Å². The van der Waals surface area contributed by atoms with Crippen LogP contribution in [0, 0.1) is 22.2 Å². The van der Waals surface area contributed by atoms with Crippen LogP contribution in [0.1, 0.15) is 40.0 Å².